The van der Waals surface area contributed by atoms with Crippen LogP contribution in [0.25, 0.3) is 0 Å². The predicted octanol–water partition coefficient (Wildman–Crippen LogP) is 1.61. The summed E-state index contributed by atoms with van der Waals surface area (Å²) < 4.78 is 10.7. The Balaban J connectivity index is 1.92. The third kappa shape index (κ3) is 3.88. The van der Waals surface area contributed by atoms with Crippen molar-refractivity contribution in [3.05, 3.63) is 23.2 Å². The van der Waals surface area contributed by atoms with Gasteiger partial charge in [0, 0.05) is 32.6 Å². The number of furan rings is 1. The molecular formula is C16H24N2O4. The zero-order valence-corrected chi connectivity index (χ0v) is 13.6. The molecule has 0 aromatic carbocycles. The standard InChI is InChI=1S/C16H24N2O4/c1-4-17(16(20)14-11-12(2)22-13(14)3)6-5-15(19)18-7-9-21-10-8-18/h11H,4-10H2,1-3H3. The van der Waals surface area contributed by atoms with Crippen molar-refractivity contribution >= 4 is 11.8 Å². The Hall–Kier alpha value is -1.82. The molecule has 2 rings (SSSR count). The van der Waals surface area contributed by atoms with Crippen LogP contribution in [0.2, 0.25) is 0 Å². The van der Waals surface area contributed by atoms with Crippen LogP contribution in [0.5, 0.6) is 0 Å². The third-order valence-electron chi connectivity index (χ3n) is 3.90. The van der Waals surface area contributed by atoms with E-state index in [1.807, 2.05) is 13.8 Å². The summed E-state index contributed by atoms with van der Waals surface area (Å²) in [6.45, 7) is 8.98. The first-order chi connectivity index (χ1) is 10.5. The zero-order valence-electron chi connectivity index (χ0n) is 13.6. The van der Waals surface area contributed by atoms with Gasteiger partial charge in [-0.25, -0.2) is 0 Å². The normalized spacial score (nSPS) is 15.0. The Morgan fingerprint density at radius 2 is 1.95 bits per heavy atom. The topological polar surface area (TPSA) is 63.0 Å². The molecule has 1 saturated heterocycles. The van der Waals surface area contributed by atoms with Crippen molar-refractivity contribution in [1.82, 2.24) is 9.80 Å². The Morgan fingerprint density at radius 3 is 2.50 bits per heavy atom. The van der Waals surface area contributed by atoms with Crippen LogP contribution >= 0.6 is 0 Å². The third-order valence-corrected chi connectivity index (χ3v) is 3.90. The summed E-state index contributed by atoms with van der Waals surface area (Å²) in [5.74, 6) is 1.35. The summed E-state index contributed by atoms with van der Waals surface area (Å²) in [6.07, 6.45) is 0.343. The minimum atomic E-state index is -0.0772. The molecule has 2 heterocycles. The summed E-state index contributed by atoms with van der Waals surface area (Å²) in [4.78, 5) is 28.2. The molecule has 1 aliphatic rings. The Kier molecular flexibility index (Phi) is 5.60. The van der Waals surface area contributed by atoms with Crippen LogP contribution in [-0.2, 0) is 9.53 Å². The number of morpholine rings is 1. The second-order valence-corrected chi connectivity index (χ2v) is 5.45. The lowest BCUT2D eigenvalue weighted by Gasteiger charge is -2.28. The maximum absolute atomic E-state index is 12.5. The minimum Gasteiger partial charge on any atom is -0.466 e. The van der Waals surface area contributed by atoms with Crippen molar-refractivity contribution in [1.29, 1.82) is 0 Å². The summed E-state index contributed by atoms with van der Waals surface area (Å²) in [6, 6.07) is 1.75. The van der Waals surface area contributed by atoms with E-state index in [9.17, 15) is 9.59 Å². The molecule has 0 unspecified atom stereocenters. The molecule has 2 amide bonds. The molecule has 0 N–H and O–H groups in total. The molecule has 0 bridgehead atoms. The van der Waals surface area contributed by atoms with Gasteiger partial charge in [-0.05, 0) is 26.8 Å². The number of carbonyl (C=O) groups excluding carboxylic acids is 2. The van der Waals surface area contributed by atoms with Crippen molar-refractivity contribution < 1.29 is 18.7 Å². The first kappa shape index (κ1) is 16.5. The zero-order chi connectivity index (χ0) is 16.1. The number of hydrogen-bond donors (Lipinski definition) is 0. The molecule has 1 aromatic rings. The molecular weight excluding hydrogens is 284 g/mol. The number of hydrogen-bond acceptors (Lipinski definition) is 4. The van der Waals surface area contributed by atoms with Crippen molar-refractivity contribution in [3.8, 4) is 0 Å². The molecule has 0 aliphatic carbocycles. The molecule has 122 valence electrons. The van der Waals surface area contributed by atoms with Crippen LogP contribution in [0.15, 0.2) is 10.5 Å². The summed E-state index contributed by atoms with van der Waals surface area (Å²) in [5.41, 5.74) is 0.582. The van der Waals surface area contributed by atoms with E-state index in [1.54, 1.807) is 22.8 Å². The minimum absolute atomic E-state index is 0.0772. The molecule has 0 radical (unpaired) electrons. The second-order valence-electron chi connectivity index (χ2n) is 5.45. The van der Waals surface area contributed by atoms with Crippen LogP contribution in [-0.4, -0.2) is 61.0 Å². The number of rotatable bonds is 5. The molecule has 0 spiro atoms. The van der Waals surface area contributed by atoms with Crippen LogP contribution in [0.1, 0.15) is 35.2 Å². The Bertz CT molecular complexity index is 532. The lowest BCUT2D eigenvalue weighted by Crippen LogP contribution is -2.42. The fourth-order valence-corrected chi connectivity index (χ4v) is 2.62. The fraction of sp³-hybridized carbons (Fsp3) is 0.625. The van der Waals surface area contributed by atoms with E-state index in [0.717, 1.165) is 5.76 Å². The fourth-order valence-electron chi connectivity index (χ4n) is 2.62. The van der Waals surface area contributed by atoms with Crippen LogP contribution in [0.4, 0.5) is 0 Å². The summed E-state index contributed by atoms with van der Waals surface area (Å²) in [7, 11) is 0. The van der Waals surface area contributed by atoms with E-state index in [4.69, 9.17) is 9.15 Å². The molecule has 1 fully saturated rings. The quantitative estimate of drug-likeness (QED) is 0.829. The van der Waals surface area contributed by atoms with E-state index in [-0.39, 0.29) is 11.8 Å². The average Bonchev–Trinajstić information content (AvgIpc) is 2.87. The van der Waals surface area contributed by atoms with Gasteiger partial charge in [0.2, 0.25) is 5.91 Å². The van der Waals surface area contributed by atoms with E-state index < -0.39 is 0 Å². The monoisotopic (exact) mass is 308 g/mol. The predicted molar refractivity (Wildman–Crippen MR) is 81.8 cm³/mol. The van der Waals surface area contributed by atoms with Crippen molar-refractivity contribution in [3.63, 3.8) is 0 Å². The van der Waals surface area contributed by atoms with Gasteiger partial charge in [-0.3, -0.25) is 9.59 Å². The van der Waals surface area contributed by atoms with E-state index in [2.05, 4.69) is 0 Å². The van der Waals surface area contributed by atoms with Gasteiger partial charge in [0.25, 0.3) is 5.91 Å². The largest absolute Gasteiger partial charge is 0.466 e. The smallest absolute Gasteiger partial charge is 0.257 e. The van der Waals surface area contributed by atoms with Gasteiger partial charge in [0.05, 0.1) is 18.8 Å². The number of aryl methyl sites for hydroxylation is 2. The summed E-state index contributed by atoms with van der Waals surface area (Å²) >= 11 is 0. The van der Waals surface area contributed by atoms with Gasteiger partial charge in [-0.1, -0.05) is 0 Å². The number of carbonyl (C=O) groups is 2. The lowest BCUT2D eigenvalue weighted by molar-refractivity contribution is -0.135. The van der Waals surface area contributed by atoms with E-state index in [0.29, 0.717) is 57.1 Å². The SMILES string of the molecule is CCN(CCC(=O)N1CCOCC1)C(=O)c1cc(C)oc1C. The van der Waals surface area contributed by atoms with Crippen LogP contribution in [0, 0.1) is 13.8 Å². The highest BCUT2D eigenvalue weighted by molar-refractivity contribution is 5.95. The maximum Gasteiger partial charge on any atom is 0.257 e. The van der Waals surface area contributed by atoms with Gasteiger partial charge in [0.1, 0.15) is 11.5 Å². The van der Waals surface area contributed by atoms with Gasteiger partial charge >= 0.3 is 0 Å². The second kappa shape index (κ2) is 7.45. The first-order valence-electron chi connectivity index (χ1n) is 7.74. The molecule has 0 atom stereocenters. The molecule has 22 heavy (non-hydrogen) atoms. The van der Waals surface area contributed by atoms with Crippen LogP contribution in [0.3, 0.4) is 0 Å². The molecule has 1 aliphatic heterocycles. The number of amides is 2. The van der Waals surface area contributed by atoms with Gasteiger partial charge in [-0.15, -0.1) is 0 Å². The molecule has 6 nitrogen and oxygen atoms in total. The van der Waals surface area contributed by atoms with Gasteiger partial charge < -0.3 is 19.0 Å². The lowest BCUT2D eigenvalue weighted by atomic mass is 10.2. The molecule has 0 saturated carbocycles. The number of ether oxygens (including phenoxy) is 1. The highest BCUT2D eigenvalue weighted by Gasteiger charge is 2.22. The van der Waals surface area contributed by atoms with Crippen LogP contribution < -0.4 is 0 Å². The highest BCUT2D eigenvalue weighted by atomic mass is 16.5. The highest BCUT2D eigenvalue weighted by Crippen LogP contribution is 2.16. The maximum atomic E-state index is 12.5. The van der Waals surface area contributed by atoms with Crippen molar-refractivity contribution in [2.24, 2.45) is 0 Å². The van der Waals surface area contributed by atoms with Crippen molar-refractivity contribution in [2.45, 2.75) is 27.2 Å². The first-order valence-corrected chi connectivity index (χ1v) is 7.74. The Morgan fingerprint density at radius 1 is 1.27 bits per heavy atom. The Labute approximate surface area is 131 Å². The molecule has 6 heteroatoms. The van der Waals surface area contributed by atoms with Crippen molar-refractivity contribution in [2.75, 3.05) is 39.4 Å². The summed E-state index contributed by atoms with van der Waals surface area (Å²) in [5, 5.41) is 0. The van der Waals surface area contributed by atoms with Gasteiger partial charge in [0.15, 0.2) is 0 Å². The molecule has 1 aromatic heterocycles. The van der Waals surface area contributed by atoms with E-state index >= 15 is 0 Å². The van der Waals surface area contributed by atoms with E-state index in [1.165, 1.54) is 0 Å². The van der Waals surface area contributed by atoms with Gasteiger partial charge in [-0.2, -0.15) is 0 Å². The number of nitrogens with zero attached hydrogens (tertiary/aromatic N) is 2. The average molecular weight is 308 g/mol.